The van der Waals surface area contributed by atoms with Crippen molar-refractivity contribution in [2.75, 3.05) is 31.1 Å². The number of hydrogen-bond acceptors (Lipinski definition) is 6. The number of anilines is 1. The number of rotatable bonds is 5. The van der Waals surface area contributed by atoms with Crippen LogP contribution in [0, 0.1) is 0 Å². The molecule has 1 saturated heterocycles. The van der Waals surface area contributed by atoms with Gasteiger partial charge in [0.25, 0.3) is 0 Å². The molecule has 1 aliphatic rings. The molecule has 136 valence electrons. The minimum absolute atomic E-state index is 0.341. The van der Waals surface area contributed by atoms with Crippen molar-refractivity contribution in [2.45, 2.75) is 23.6 Å². The van der Waals surface area contributed by atoms with Crippen LogP contribution in [0.5, 0.6) is 0 Å². The van der Waals surface area contributed by atoms with E-state index in [2.05, 4.69) is 14.8 Å². The van der Waals surface area contributed by atoms with Crippen molar-refractivity contribution in [3.63, 3.8) is 0 Å². The Kier molecular flexibility index (Phi) is 5.65. The fraction of sp³-hybridized carbons (Fsp3) is 0.438. The van der Waals surface area contributed by atoms with E-state index in [-0.39, 0.29) is 4.90 Å². The Balaban J connectivity index is 1.64. The average Bonchev–Trinajstić information content (AvgIpc) is 2.99. The van der Waals surface area contributed by atoms with E-state index < -0.39 is 15.6 Å². The third-order valence-electron chi connectivity index (χ3n) is 4.22. The van der Waals surface area contributed by atoms with Gasteiger partial charge in [-0.2, -0.15) is 8.78 Å². The van der Waals surface area contributed by atoms with E-state index in [9.17, 15) is 17.2 Å². The maximum absolute atomic E-state index is 12.6. The Labute approximate surface area is 149 Å². The lowest BCUT2D eigenvalue weighted by Crippen LogP contribution is -2.30. The molecule has 1 aromatic heterocycles. The van der Waals surface area contributed by atoms with Gasteiger partial charge in [0.2, 0.25) is 9.84 Å². The summed E-state index contributed by atoms with van der Waals surface area (Å²) in [5, 5.41) is 2.05. The molecule has 5 nitrogen and oxygen atoms in total. The lowest BCUT2D eigenvalue weighted by Gasteiger charge is -2.23. The molecule has 0 spiro atoms. The summed E-state index contributed by atoms with van der Waals surface area (Å²) < 4.78 is 48.2. The van der Waals surface area contributed by atoms with E-state index >= 15 is 0 Å². The molecule has 2 aromatic rings. The van der Waals surface area contributed by atoms with Gasteiger partial charge in [-0.3, -0.25) is 4.90 Å². The first-order valence-corrected chi connectivity index (χ1v) is 10.4. The largest absolute Gasteiger partial charge is 0.370 e. The highest BCUT2D eigenvalue weighted by Crippen LogP contribution is 2.23. The molecule has 9 heteroatoms. The van der Waals surface area contributed by atoms with Gasteiger partial charge in [0, 0.05) is 43.8 Å². The maximum Gasteiger partial charge on any atom is 0.341 e. The number of nitrogens with zero attached hydrogens (tertiary/aromatic N) is 3. The molecule has 25 heavy (non-hydrogen) atoms. The fourth-order valence-corrected chi connectivity index (χ4v) is 4.15. The predicted molar refractivity (Wildman–Crippen MR) is 93.9 cm³/mol. The molecule has 0 saturated carbocycles. The van der Waals surface area contributed by atoms with Crippen LogP contribution in [0.25, 0.3) is 0 Å². The third-order valence-corrected chi connectivity index (χ3v) is 6.26. The van der Waals surface area contributed by atoms with Gasteiger partial charge in [-0.1, -0.05) is 0 Å². The number of hydrogen-bond donors (Lipinski definition) is 0. The van der Waals surface area contributed by atoms with Crippen LogP contribution in [0.4, 0.5) is 14.5 Å². The second-order valence-electron chi connectivity index (χ2n) is 5.90. The van der Waals surface area contributed by atoms with Crippen LogP contribution in [0.2, 0.25) is 0 Å². The number of thiazole rings is 1. The number of benzene rings is 1. The number of sulfone groups is 1. The normalized spacial score (nSPS) is 17.0. The fourth-order valence-electron chi connectivity index (χ4n) is 2.88. The summed E-state index contributed by atoms with van der Waals surface area (Å²) in [7, 11) is -4.54. The summed E-state index contributed by atoms with van der Waals surface area (Å²) in [4.78, 5) is 8.46. The molecule has 3 rings (SSSR count). The van der Waals surface area contributed by atoms with Crippen LogP contribution >= 0.6 is 11.3 Å². The van der Waals surface area contributed by atoms with Crippen LogP contribution in [0.15, 0.2) is 40.1 Å². The molecule has 1 aromatic carbocycles. The highest BCUT2D eigenvalue weighted by Gasteiger charge is 2.26. The Morgan fingerprint density at radius 1 is 1.12 bits per heavy atom. The van der Waals surface area contributed by atoms with Crippen molar-refractivity contribution in [1.82, 2.24) is 9.88 Å². The zero-order valence-electron chi connectivity index (χ0n) is 13.5. The molecule has 0 atom stereocenters. The average molecular weight is 387 g/mol. The van der Waals surface area contributed by atoms with Crippen LogP contribution in [-0.2, 0) is 16.4 Å². The Bertz CT molecular complexity index is 780. The lowest BCUT2D eigenvalue weighted by molar-refractivity contribution is 0.234. The zero-order valence-corrected chi connectivity index (χ0v) is 15.1. The van der Waals surface area contributed by atoms with Crippen LogP contribution < -0.4 is 4.90 Å². The number of aromatic nitrogens is 1. The summed E-state index contributed by atoms with van der Waals surface area (Å²) in [6.45, 7) is 4.29. The van der Waals surface area contributed by atoms with Crippen molar-refractivity contribution >= 4 is 26.9 Å². The summed E-state index contributed by atoms with van der Waals surface area (Å²) in [6, 6.07) is 5.72. The van der Waals surface area contributed by atoms with Crippen LogP contribution in [0.3, 0.4) is 0 Å². The molecule has 0 N–H and O–H groups in total. The van der Waals surface area contributed by atoms with Gasteiger partial charge in [0.15, 0.2) is 0 Å². The molecule has 0 amide bonds. The van der Waals surface area contributed by atoms with Crippen molar-refractivity contribution < 1.29 is 17.2 Å². The van der Waals surface area contributed by atoms with Crippen LogP contribution in [0.1, 0.15) is 12.1 Å². The van der Waals surface area contributed by atoms with E-state index in [4.69, 9.17) is 0 Å². The van der Waals surface area contributed by atoms with E-state index in [1.54, 1.807) is 23.5 Å². The highest BCUT2D eigenvalue weighted by molar-refractivity contribution is 7.91. The molecular formula is C16H19F2N3O2S2. The Morgan fingerprint density at radius 2 is 1.88 bits per heavy atom. The first-order valence-electron chi connectivity index (χ1n) is 7.93. The molecular weight excluding hydrogens is 368 g/mol. The first kappa shape index (κ1) is 18.2. The lowest BCUT2D eigenvalue weighted by atomic mass is 10.2. The minimum Gasteiger partial charge on any atom is -0.370 e. The zero-order chi connectivity index (χ0) is 17.9. The summed E-state index contributed by atoms with van der Waals surface area (Å²) in [5.41, 5.74) is 3.75. The molecule has 1 aliphatic heterocycles. The molecule has 0 bridgehead atoms. The van der Waals surface area contributed by atoms with E-state index in [1.807, 2.05) is 10.9 Å². The smallest absolute Gasteiger partial charge is 0.341 e. The van der Waals surface area contributed by atoms with E-state index in [1.165, 1.54) is 12.1 Å². The quantitative estimate of drug-likeness (QED) is 0.790. The summed E-state index contributed by atoms with van der Waals surface area (Å²) in [5.74, 6) is -3.39. The SMILES string of the molecule is O=S(=O)(c1ccc(N2CCCN(Cc3cscn3)CC2)cc1)C(F)F. The van der Waals surface area contributed by atoms with Gasteiger partial charge in [-0.05, 0) is 30.7 Å². The number of halogens is 2. The van der Waals surface area contributed by atoms with Crippen molar-refractivity contribution in [3.05, 3.63) is 40.8 Å². The third kappa shape index (κ3) is 4.34. The minimum atomic E-state index is -4.54. The first-order chi connectivity index (χ1) is 12.0. The monoisotopic (exact) mass is 387 g/mol. The molecule has 0 unspecified atom stereocenters. The van der Waals surface area contributed by atoms with E-state index in [0.29, 0.717) is 0 Å². The standard InChI is InChI=1S/C16H19F2N3O2S2/c17-16(18)25(22,23)15-4-2-14(3-5-15)21-7-1-6-20(8-9-21)10-13-11-24-12-19-13/h2-5,11-12,16H,1,6-10H2. The van der Waals surface area contributed by atoms with Gasteiger partial charge in [-0.15, -0.1) is 11.3 Å². The Morgan fingerprint density at radius 3 is 2.52 bits per heavy atom. The van der Waals surface area contributed by atoms with E-state index in [0.717, 1.165) is 50.5 Å². The van der Waals surface area contributed by atoms with Gasteiger partial charge >= 0.3 is 5.76 Å². The Hall–Kier alpha value is -1.58. The molecule has 0 aliphatic carbocycles. The van der Waals surface area contributed by atoms with Crippen molar-refractivity contribution in [1.29, 1.82) is 0 Å². The summed E-state index contributed by atoms with van der Waals surface area (Å²) in [6.07, 6.45) is 0.973. The van der Waals surface area contributed by atoms with Crippen LogP contribution in [-0.4, -0.2) is 50.2 Å². The van der Waals surface area contributed by atoms with Gasteiger partial charge in [-0.25, -0.2) is 13.4 Å². The van der Waals surface area contributed by atoms with Crippen molar-refractivity contribution in [3.8, 4) is 0 Å². The topological polar surface area (TPSA) is 53.5 Å². The van der Waals surface area contributed by atoms with Gasteiger partial charge in [0.05, 0.1) is 16.1 Å². The highest BCUT2D eigenvalue weighted by atomic mass is 32.2. The molecule has 0 radical (unpaired) electrons. The molecule has 1 fully saturated rings. The second kappa shape index (κ2) is 7.76. The van der Waals surface area contributed by atoms with Gasteiger partial charge in [0.1, 0.15) is 0 Å². The molecule has 2 heterocycles. The number of alkyl halides is 2. The van der Waals surface area contributed by atoms with Gasteiger partial charge < -0.3 is 4.90 Å². The second-order valence-corrected chi connectivity index (χ2v) is 8.53. The maximum atomic E-state index is 12.6. The summed E-state index contributed by atoms with van der Waals surface area (Å²) >= 11 is 1.59. The van der Waals surface area contributed by atoms with Crippen molar-refractivity contribution in [2.24, 2.45) is 0 Å². The predicted octanol–water partition coefficient (Wildman–Crippen LogP) is 2.85.